The number of nitrogens with one attached hydrogen (secondary N) is 1. The molecule has 1 aromatic carbocycles. The van der Waals surface area contributed by atoms with Crippen molar-refractivity contribution in [2.24, 2.45) is 0 Å². The van der Waals surface area contributed by atoms with Gasteiger partial charge in [0.1, 0.15) is 11.5 Å². The molecule has 1 saturated heterocycles. The first-order chi connectivity index (χ1) is 12.1. The Labute approximate surface area is 145 Å². The number of aromatic amines is 1. The molecule has 1 aliphatic rings. The fourth-order valence-corrected chi connectivity index (χ4v) is 3.64. The van der Waals surface area contributed by atoms with Gasteiger partial charge in [0.2, 0.25) is 0 Å². The van der Waals surface area contributed by atoms with Crippen LogP contribution < -0.4 is 5.56 Å². The van der Waals surface area contributed by atoms with E-state index in [1.54, 1.807) is 18.3 Å². The molecular weight excluding hydrogens is 316 g/mol. The molecule has 1 fully saturated rings. The van der Waals surface area contributed by atoms with Gasteiger partial charge >= 0.3 is 0 Å². The van der Waals surface area contributed by atoms with Crippen molar-refractivity contribution < 1.29 is 4.79 Å². The minimum atomic E-state index is -0.222. The summed E-state index contributed by atoms with van der Waals surface area (Å²) in [4.78, 5) is 34.0. The Morgan fingerprint density at radius 3 is 2.96 bits per heavy atom. The number of hydrogen-bond acceptors (Lipinski definition) is 3. The zero-order valence-electron chi connectivity index (χ0n) is 14.1. The summed E-state index contributed by atoms with van der Waals surface area (Å²) in [6, 6.07) is 9.31. The van der Waals surface area contributed by atoms with Crippen LogP contribution in [0.1, 0.15) is 35.2 Å². The summed E-state index contributed by atoms with van der Waals surface area (Å²) >= 11 is 0. The van der Waals surface area contributed by atoms with Gasteiger partial charge in [0.25, 0.3) is 11.5 Å². The van der Waals surface area contributed by atoms with E-state index in [1.165, 1.54) is 0 Å². The van der Waals surface area contributed by atoms with Crippen LogP contribution in [0.5, 0.6) is 0 Å². The Morgan fingerprint density at radius 2 is 2.16 bits per heavy atom. The minimum Gasteiger partial charge on any atom is -0.335 e. The molecule has 0 saturated carbocycles. The molecule has 3 heterocycles. The van der Waals surface area contributed by atoms with Crippen LogP contribution >= 0.6 is 0 Å². The molecule has 25 heavy (non-hydrogen) atoms. The number of piperidine rings is 1. The van der Waals surface area contributed by atoms with Gasteiger partial charge in [0.15, 0.2) is 0 Å². The number of aromatic nitrogens is 3. The molecule has 4 rings (SSSR count). The predicted molar refractivity (Wildman–Crippen MR) is 95.7 cm³/mol. The molecule has 0 unspecified atom stereocenters. The predicted octanol–water partition coefficient (Wildman–Crippen LogP) is 2.51. The number of likely N-dealkylation sites (tertiary alicyclic amines) is 1. The van der Waals surface area contributed by atoms with Crippen LogP contribution in [0, 0.1) is 6.92 Å². The van der Waals surface area contributed by atoms with E-state index < -0.39 is 0 Å². The van der Waals surface area contributed by atoms with Gasteiger partial charge in [-0.1, -0.05) is 18.2 Å². The first-order valence-electron chi connectivity index (χ1n) is 8.54. The number of amides is 1. The summed E-state index contributed by atoms with van der Waals surface area (Å²) in [6.45, 7) is 3.31. The van der Waals surface area contributed by atoms with Crippen LogP contribution in [0.2, 0.25) is 0 Å². The number of aryl methyl sites for hydroxylation is 1. The number of benzene rings is 1. The van der Waals surface area contributed by atoms with Gasteiger partial charge in [-0.15, -0.1) is 0 Å². The fraction of sp³-hybridized carbons (Fsp3) is 0.316. The van der Waals surface area contributed by atoms with Crippen molar-refractivity contribution in [3.8, 4) is 0 Å². The molecule has 6 heteroatoms. The van der Waals surface area contributed by atoms with Gasteiger partial charge in [-0.3, -0.25) is 9.59 Å². The number of imidazole rings is 1. The van der Waals surface area contributed by atoms with Gasteiger partial charge in [-0.05, 0) is 37.3 Å². The normalized spacial score (nSPS) is 17.8. The van der Waals surface area contributed by atoms with Crippen LogP contribution in [0.25, 0.3) is 10.8 Å². The lowest BCUT2D eigenvalue weighted by Crippen LogP contribution is -2.41. The average Bonchev–Trinajstić information content (AvgIpc) is 3.07. The Balaban J connectivity index is 1.62. The largest absolute Gasteiger partial charge is 0.335 e. The monoisotopic (exact) mass is 336 g/mol. The second-order valence-electron chi connectivity index (χ2n) is 6.53. The lowest BCUT2D eigenvalue weighted by molar-refractivity contribution is 0.0672. The van der Waals surface area contributed by atoms with E-state index in [0.717, 1.165) is 24.1 Å². The number of carbonyl (C=O) groups is 1. The molecule has 1 aliphatic heterocycles. The van der Waals surface area contributed by atoms with Gasteiger partial charge in [-0.25, -0.2) is 4.98 Å². The molecule has 0 aliphatic carbocycles. The number of rotatable bonds is 2. The maximum atomic E-state index is 12.9. The number of fused-ring (bicyclic) bond motifs is 1. The second-order valence-corrected chi connectivity index (χ2v) is 6.53. The number of hydrogen-bond donors (Lipinski definition) is 1. The number of nitrogens with zero attached hydrogens (tertiary/aromatic N) is 3. The first-order valence-corrected chi connectivity index (χ1v) is 8.54. The molecule has 2 aromatic heterocycles. The van der Waals surface area contributed by atoms with Crippen molar-refractivity contribution in [1.82, 2.24) is 19.4 Å². The Morgan fingerprint density at radius 1 is 1.32 bits per heavy atom. The minimum absolute atomic E-state index is 0.120. The Kier molecular flexibility index (Phi) is 3.87. The third-order valence-corrected chi connectivity index (χ3v) is 4.92. The molecule has 0 radical (unpaired) electrons. The zero-order valence-corrected chi connectivity index (χ0v) is 14.1. The summed E-state index contributed by atoms with van der Waals surface area (Å²) < 4.78 is 2.13. The summed E-state index contributed by atoms with van der Waals surface area (Å²) in [5.41, 5.74) is 0.132. The fourth-order valence-electron chi connectivity index (χ4n) is 3.64. The lowest BCUT2D eigenvalue weighted by atomic mass is 10.0. The van der Waals surface area contributed by atoms with Crippen LogP contribution in [0.15, 0.2) is 47.5 Å². The van der Waals surface area contributed by atoms with E-state index in [-0.39, 0.29) is 17.5 Å². The lowest BCUT2D eigenvalue weighted by Gasteiger charge is -2.33. The van der Waals surface area contributed by atoms with Crippen molar-refractivity contribution in [2.45, 2.75) is 25.8 Å². The average molecular weight is 336 g/mol. The number of carbonyl (C=O) groups excluding carboxylic acids is 1. The number of H-pyrrole nitrogens is 1. The van der Waals surface area contributed by atoms with Gasteiger partial charge < -0.3 is 14.5 Å². The summed E-state index contributed by atoms with van der Waals surface area (Å²) in [6.07, 6.45) is 5.71. The van der Waals surface area contributed by atoms with Crippen molar-refractivity contribution in [3.63, 3.8) is 0 Å². The summed E-state index contributed by atoms with van der Waals surface area (Å²) in [7, 11) is 0. The van der Waals surface area contributed by atoms with Crippen molar-refractivity contribution in [2.75, 3.05) is 13.1 Å². The van der Waals surface area contributed by atoms with Gasteiger partial charge in [0.05, 0.1) is 6.04 Å². The third-order valence-electron chi connectivity index (χ3n) is 4.92. The first kappa shape index (κ1) is 15.6. The highest BCUT2D eigenvalue weighted by atomic mass is 16.2. The molecule has 1 N–H and O–H groups in total. The van der Waals surface area contributed by atoms with Crippen LogP contribution in [-0.2, 0) is 0 Å². The van der Waals surface area contributed by atoms with Crippen molar-refractivity contribution >= 4 is 16.7 Å². The highest BCUT2D eigenvalue weighted by Crippen LogP contribution is 2.24. The summed E-state index contributed by atoms with van der Waals surface area (Å²) in [5, 5.41) is 1.39. The van der Waals surface area contributed by atoms with Crippen molar-refractivity contribution in [1.29, 1.82) is 0 Å². The standard InChI is InChI=1S/C19H20N4O2/c1-13-20-8-10-23(13)15-6-4-9-22(12-15)19(25)17-11-14-5-2-3-7-16(14)18(24)21-17/h2-3,5,7-8,10-11,15H,4,6,9,12H2,1H3,(H,21,24)/t15-/m1/s1. The highest BCUT2D eigenvalue weighted by molar-refractivity contribution is 5.96. The molecule has 3 aromatic rings. The van der Waals surface area contributed by atoms with E-state index >= 15 is 0 Å². The molecule has 0 spiro atoms. The topological polar surface area (TPSA) is 71.0 Å². The van der Waals surface area contributed by atoms with E-state index in [2.05, 4.69) is 14.5 Å². The van der Waals surface area contributed by atoms with Crippen LogP contribution in [0.4, 0.5) is 0 Å². The molecule has 6 nitrogen and oxygen atoms in total. The summed E-state index contributed by atoms with van der Waals surface area (Å²) in [5.74, 6) is 0.837. The van der Waals surface area contributed by atoms with Gasteiger partial charge in [0, 0.05) is 30.9 Å². The molecule has 0 bridgehead atoms. The van der Waals surface area contributed by atoms with Gasteiger partial charge in [-0.2, -0.15) is 0 Å². The van der Waals surface area contributed by atoms with E-state index in [9.17, 15) is 9.59 Å². The maximum Gasteiger partial charge on any atom is 0.270 e. The second kappa shape index (κ2) is 6.20. The Hall–Kier alpha value is -2.89. The van der Waals surface area contributed by atoms with Crippen LogP contribution in [0.3, 0.4) is 0 Å². The molecular formula is C19H20N4O2. The van der Waals surface area contributed by atoms with Crippen molar-refractivity contribution in [3.05, 3.63) is 64.6 Å². The molecule has 1 amide bonds. The third kappa shape index (κ3) is 2.84. The van der Waals surface area contributed by atoms with Crippen LogP contribution in [-0.4, -0.2) is 38.4 Å². The smallest absolute Gasteiger partial charge is 0.270 e. The number of pyridine rings is 1. The van der Waals surface area contributed by atoms with E-state index in [0.29, 0.717) is 24.2 Å². The zero-order chi connectivity index (χ0) is 17.4. The quantitative estimate of drug-likeness (QED) is 0.782. The SMILES string of the molecule is Cc1nccn1[C@@H]1CCCN(C(=O)c2cc3ccccc3c(=O)[nH]2)C1. The Bertz CT molecular complexity index is 988. The van der Waals surface area contributed by atoms with E-state index in [4.69, 9.17) is 0 Å². The molecule has 1 atom stereocenters. The molecule has 128 valence electrons. The maximum absolute atomic E-state index is 12.9. The highest BCUT2D eigenvalue weighted by Gasteiger charge is 2.26. The van der Waals surface area contributed by atoms with E-state index in [1.807, 2.05) is 36.2 Å².